The topological polar surface area (TPSA) is 76.9 Å². The van der Waals surface area contributed by atoms with Crippen LogP contribution < -0.4 is 10.5 Å². The fourth-order valence-electron chi connectivity index (χ4n) is 3.24. The summed E-state index contributed by atoms with van der Waals surface area (Å²) in [4.78, 5) is 10.9. The maximum Gasteiger partial charge on any atom is 0.242 e. The Morgan fingerprint density at radius 2 is 2.17 bits per heavy atom. The molecule has 6 nitrogen and oxygen atoms in total. The van der Waals surface area contributed by atoms with E-state index in [0.717, 1.165) is 17.9 Å². The Bertz CT molecular complexity index is 767. The SMILES string of the molecule is CC1C(c2ncco2)=NC(N)=CN1[C@H]1CCOc2ccccc21. The van der Waals surface area contributed by atoms with Crippen LogP contribution in [0.15, 0.2) is 58.2 Å². The molecule has 0 radical (unpaired) electrons. The van der Waals surface area contributed by atoms with Crippen LogP contribution in [0.5, 0.6) is 5.75 Å². The van der Waals surface area contributed by atoms with Gasteiger partial charge in [0, 0.05) is 18.2 Å². The first-order valence-corrected chi connectivity index (χ1v) is 7.69. The molecule has 23 heavy (non-hydrogen) atoms. The molecule has 0 fully saturated rings. The molecular weight excluding hydrogens is 292 g/mol. The molecule has 1 aromatic heterocycles. The third-order valence-corrected chi connectivity index (χ3v) is 4.31. The molecule has 0 aliphatic carbocycles. The zero-order chi connectivity index (χ0) is 15.8. The van der Waals surface area contributed by atoms with E-state index in [1.807, 2.05) is 24.4 Å². The largest absolute Gasteiger partial charge is 0.493 e. The molecular formula is C17H18N4O2. The molecule has 2 atom stereocenters. The first-order chi connectivity index (χ1) is 11.2. The molecule has 2 aliphatic heterocycles. The Balaban J connectivity index is 1.72. The smallest absolute Gasteiger partial charge is 0.242 e. The Hall–Kier alpha value is -2.76. The highest BCUT2D eigenvalue weighted by molar-refractivity contribution is 6.01. The number of ether oxygens (including phenoxy) is 1. The second kappa shape index (κ2) is 5.46. The molecule has 0 saturated heterocycles. The zero-order valence-electron chi connectivity index (χ0n) is 12.8. The molecule has 0 amide bonds. The number of rotatable bonds is 2. The highest BCUT2D eigenvalue weighted by Gasteiger charge is 2.34. The highest BCUT2D eigenvalue weighted by Crippen LogP contribution is 2.38. The van der Waals surface area contributed by atoms with Crippen LogP contribution in [0.2, 0.25) is 0 Å². The number of nitrogens with zero attached hydrogens (tertiary/aromatic N) is 3. The Morgan fingerprint density at radius 3 is 3.00 bits per heavy atom. The van der Waals surface area contributed by atoms with Gasteiger partial charge >= 0.3 is 0 Å². The molecule has 1 aromatic carbocycles. The number of hydrogen-bond acceptors (Lipinski definition) is 6. The van der Waals surface area contributed by atoms with E-state index in [0.29, 0.717) is 18.3 Å². The summed E-state index contributed by atoms with van der Waals surface area (Å²) >= 11 is 0. The third-order valence-electron chi connectivity index (χ3n) is 4.31. The normalized spacial score (nSPS) is 23.6. The summed E-state index contributed by atoms with van der Waals surface area (Å²) in [5.74, 6) is 1.90. The van der Waals surface area contributed by atoms with Crippen LogP contribution in [0.3, 0.4) is 0 Å². The summed E-state index contributed by atoms with van der Waals surface area (Å²) in [7, 11) is 0. The van der Waals surface area contributed by atoms with Crippen LogP contribution >= 0.6 is 0 Å². The molecule has 3 heterocycles. The standard InChI is InChI=1S/C17H18N4O2/c1-11-16(17-19-7-9-23-17)20-15(18)10-21(11)13-6-8-22-14-5-3-2-4-12(13)14/h2-5,7,9-11,13H,6,8,18H2,1H3/t11?,13-/m0/s1. The van der Waals surface area contributed by atoms with Crippen molar-refractivity contribution in [2.75, 3.05) is 6.61 Å². The first kappa shape index (κ1) is 13.9. The number of benzene rings is 1. The maximum absolute atomic E-state index is 6.04. The van der Waals surface area contributed by atoms with Crippen molar-refractivity contribution in [3.63, 3.8) is 0 Å². The van der Waals surface area contributed by atoms with Crippen molar-refractivity contribution >= 4 is 5.71 Å². The van der Waals surface area contributed by atoms with Crippen LogP contribution in [0.4, 0.5) is 0 Å². The maximum atomic E-state index is 6.04. The van der Waals surface area contributed by atoms with Gasteiger partial charge in [-0.25, -0.2) is 9.98 Å². The van der Waals surface area contributed by atoms with E-state index >= 15 is 0 Å². The fourth-order valence-corrected chi connectivity index (χ4v) is 3.24. The minimum absolute atomic E-state index is 0.0112. The van der Waals surface area contributed by atoms with Crippen molar-refractivity contribution in [2.45, 2.75) is 25.4 Å². The van der Waals surface area contributed by atoms with Crippen molar-refractivity contribution < 1.29 is 9.15 Å². The average molecular weight is 310 g/mol. The average Bonchev–Trinajstić information content (AvgIpc) is 3.10. The molecule has 0 saturated carbocycles. The lowest BCUT2D eigenvalue weighted by Gasteiger charge is -2.40. The summed E-state index contributed by atoms with van der Waals surface area (Å²) < 4.78 is 11.2. The van der Waals surface area contributed by atoms with E-state index < -0.39 is 0 Å². The summed E-state index contributed by atoms with van der Waals surface area (Å²) in [5.41, 5.74) is 7.96. The van der Waals surface area contributed by atoms with Crippen LogP contribution in [0.25, 0.3) is 0 Å². The summed E-state index contributed by atoms with van der Waals surface area (Å²) in [5, 5.41) is 0. The molecule has 2 aromatic rings. The van der Waals surface area contributed by atoms with Crippen molar-refractivity contribution in [2.24, 2.45) is 10.7 Å². The Kier molecular flexibility index (Phi) is 3.29. The molecule has 2 aliphatic rings. The lowest BCUT2D eigenvalue weighted by Crippen LogP contribution is -2.43. The van der Waals surface area contributed by atoms with Gasteiger partial charge in [-0.3, -0.25) is 0 Å². The lowest BCUT2D eigenvalue weighted by molar-refractivity contribution is 0.171. The monoisotopic (exact) mass is 310 g/mol. The molecule has 0 bridgehead atoms. The van der Waals surface area contributed by atoms with Gasteiger partial charge in [-0.05, 0) is 13.0 Å². The van der Waals surface area contributed by atoms with Crippen molar-refractivity contribution in [3.05, 3.63) is 60.2 Å². The number of aromatic nitrogens is 1. The van der Waals surface area contributed by atoms with Crippen molar-refractivity contribution in [1.82, 2.24) is 9.88 Å². The Morgan fingerprint density at radius 1 is 1.30 bits per heavy atom. The van der Waals surface area contributed by atoms with E-state index in [4.69, 9.17) is 14.9 Å². The molecule has 2 N–H and O–H groups in total. The summed E-state index contributed by atoms with van der Waals surface area (Å²) in [6.07, 6.45) is 5.97. The minimum Gasteiger partial charge on any atom is -0.493 e. The zero-order valence-corrected chi connectivity index (χ0v) is 12.8. The predicted molar refractivity (Wildman–Crippen MR) is 85.9 cm³/mol. The van der Waals surface area contributed by atoms with Crippen LogP contribution in [-0.2, 0) is 0 Å². The van der Waals surface area contributed by atoms with Crippen LogP contribution in [0, 0.1) is 0 Å². The molecule has 0 spiro atoms. The molecule has 1 unspecified atom stereocenters. The van der Waals surface area contributed by atoms with Gasteiger partial charge in [0.05, 0.1) is 24.9 Å². The Labute approximate surface area is 134 Å². The summed E-state index contributed by atoms with van der Waals surface area (Å²) in [6, 6.07) is 8.33. The lowest BCUT2D eigenvalue weighted by atomic mass is 9.96. The van der Waals surface area contributed by atoms with Crippen molar-refractivity contribution in [3.8, 4) is 5.75 Å². The first-order valence-electron chi connectivity index (χ1n) is 7.69. The van der Waals surface area contributed by atoms with Gasteiger partial charge in [-0.2, -0.15) is 0 Å². The number of hydrogen-bond donors (Lipinski definition) is 1. The second-order valence-electron chi connectivity index (χ2n) is 5.70. The number of para-hydroxylation sites is 1. The quantitative estimate of drug-likeness (QED) is 0.922. The van der Waals surface area contributed by atoms with Gasteiger partial charge in [0.25, 0.3) is 0 Å². The molecule has 118 valence electrons. The fraction of sp³-hybridized carbons (Fsp3) is 0.294. The van der Waals surface area contributed by atoms with Gasteiger partial charge < -0.3 is 19.8 Å². The van der Waals surface area contributed by atoms with Crippen LogP contribution in [0.1, 0.15) is 30.8 Å². The van der Waals surface area contributed by atoms with Gasteiger partial charge in [0.15, 0.2) is 0 Å². The minimum atomic E-state index is 0.0112. The molecule has 6 heteroatoms. The number of nitrogens with two attached hydrogens (primary N) is 1. The number of oxazole rings is 1. The van der Waals surface area contributed by atoms with E-state index in [9.17, 15) is 0 Å². The summed E-state index contributed by atoms with van der Waals surface area (Å²) in [6.45, 7) is 2.77. The third kappa shape index (κ3) is 2.36. The van der Waals surface area contributed by atoms with E-state index in [1.165, 1.54) is 5.56 Å². The van der Waals surface area contributed by atoms with E-state index in [2.05, 4.69) is 27.9 Å². The van der Waals surface area contributed by atoms with Gasteiger partial charge in [-0.1, -0.05) is 18.2 Å². The second-order valence-corrected chi connectivity index (χ2v) is 5.70. The van der Waals surface area contributed by atoms with Gasteiger partial charge in [0.1, 0.15) is 23.5 Å². The molecule has 4 rings (SSSR count). The van der Waals surface area contributed by atoms with Crippen LogP contribution in [-0.4, -0.2) is 28.2 Å². The van der Waals surface area contributed by atoms with E-state index in [-0.39, 0.29) is 12.1 Å². The number of fused-ring (bicyclic) bond motifs is 1. The van der Waals surface area contributed by atoms with Gasteiger partial charge in [0.2, 0.25) is 5.89 Å². The highest BCUT2D eigenvalue weighted by atomic mass is 16.5. The number of aliphatic imine (C=N–C) groups is 1. The van der Waals surface area contributed by atoms with Crippen molar-refractivity contribution in [1.29, 1.82) is 0 Å². The predicted octanol–water partition coefficient (Wildman–Crippen LogP) is 2.45. The van der Waals surface area contributed by atoms with E-state index in [1.54, 1.807) is 12.5 Å². The van der Waals surface area contributed by atoms with Gasteiger partial charge in [-0.15, -0.1) is 0 Å².